The summed E-state index contributed by atoms with van der Waals surface area (Å²) in [6.07, 6.45) is 3.93. The van der Waals surface area contributed by atoms with Crippen LogP contribution in [0.4, 0.5) is 11.6 Å². The number of anilines is 2. The Labute approximate surface area is 112 Å². The molecule has 0 aromatic carbocycles. The molecule has 0 atom stereocenters. The minimum atomic E-state index is 0.560. The summed E-state index contributed by atoms with van der Waals surface area (Å²) >= 11 is 12.1. The summed E-state index contributed by atoms with van der Waals surface area (Å²) in [4.78, 5) is 4.39. The van der Waals surface area contributed by atoms with Gasteiger partial charge in [-0.1, -0.05) is 36.0 Å². The molecule has 94 valence electrons. The first-order chi connectivity index (χ1) is 8.20. The van der Waals surface area contributed by atoms with Crippen molar-refractivity contribution < 1.29 is 0 Å². The zero-order valence-corrected chi connectivity index (χ0v) is 11.4. The molecule has 0 aliphatic heterocycles. The summed E-state index contributed by atoms with van der Waals surface area (Å²) in [5, 5.41) is 7.52. The molecule has 1 aromatic rings. The molecular weight excluding hydrogens is 257 g/mol. The third kappa shape index (κ3) is 3.65. The number of rotatable bonds is 6. The van der Waals surface area contributed by atoms with Gasteiger partial charge in [0.15, 0.2) is 0 Å². The molecule has 1 saturated carbocycles. The smallest absolute Gasteiger partial charge is 0.147 e. The van der Waals surface area contributed by atoms with Gasteiger partial charge in [0.25, 0.3) is 0 Å². The van der Waals surface area contributed by atoms with Crippen molar-refractivity contribution in [2.45, 2.75) is 26.2 Å². The van der Waals surface area contributed by atoms with Gasteiger partial charge in [-0.3, -0.25) is 0 Å². The summed E-state index contributed by atoms with van der Waals surface area (Å²) in [6.45, 7) is 3.72. The highest BCUT2D eigenvalue weighted by atomic mass is 35.5. The minimum Gasteiger partial charge on any atom is -0.369 e. The number of nitrogens with zero attached hydrogens (tertiary/aromatic N) is 1. The standard InChI is InChI=1S/C12H17Cl2N3/c1-2-15-11-9(13)7-10(14)12(17-11)16-6-5-8-3-4-8/h7-8H,2-6H2,1H3,(H2,15,16,17). The number of nitrogens with one attached hydrogen (secondary N) is 2. The third-order valence-corrected chi connectivity index (χ3v) is 3.39. The fourth-order valence-electron chi connectivity index (χ4n) is 1.68. The van der Waals surface area contributed by atoms with E-state index in [4.69, 9.17) is 23.2 Å². The molecule has 0 radical (unpaired) electrons. The van der Waals surface area contributed by atoms with Crippen LogP contribution in [0.15, 0.2) is 6.07 Å². The van der Waals surface area contributed by atoms with E-state index in [0.717, 1.165) is 19.0 Å². The Kier molecular flexibility index (Phi) is 4.35. The Hall–Kier alpha value is -0.670. The van der Waals surface area contributed by atoms with Crippen LogP contribution in [-0.4, -0.2) is 18.1 Å². The van der Waals surface area contributed by atoms with Gasteiger partial charge >= 0.3 is 0 Å². The van der Waals surface area contributed by atoms with Gasteiger partial charge < -0.3 is 10.6 Å². The summed E-state index contributed by atoms with van der Waals surface area (Å²) in [7, 11) is 0. The molecule has 5 heteroatoms. The Bertz CT molecular complexity index is 392. The van der Waals surface area contributed by atoms with Crippen LogP contribution in [0, 0.1) is 5.92 Å². The quantitative estimate of drug-likeness (QED) is 0.822. The number of pyridine rings is 1. The van der Waals surface area contributed by atoms with Gasteiger partial charge in [-0.2, -0.15) is 0 Å². The maximum atomic E-state index is 6.10. The van der Waals surface area contributed by atoms with E-state index in [2.05, 4.69) is 15.6 Å². The molecule has 1 aromatic heterocycles. The van der Waals surface area contributed by atoms with Crippen molar-refractivity contribution in [1.82, 2.24) is 4.98 Å². The predicted molar refractivity (Wildman–Crippen MR) is 74.3 cm³/mol. The van der Waals surface area contributed by atoms with Crippen molar-refractivity contribution in [1.29, 1.82) is 0 Å². The molecule has 1 aliphatic carbocycles. The lowest BCUT2D eigenvalue weighted by atomic mass is 10.3. The Morgan fingerprint density at radius 2 is 1.88 bits per heavy atom. The van der Waals surface area contributed by atoms with Crippen LogP contribution < -0.4 is 10.6 Å². The van der Waals surface area contributed by atoms with Crippen LogP contribution in [0.5, 0.6) is 0 Å². The molecule has 0 spiro atoms. The topological polar surface area (TPSA) is 37.0 Å². The second-order valence-electron chi connectivity index (χ2n) is 4.34. The van der Waals surface area contributed by atoms with E-state index < -0.39 is 0 Å². The highest BCUT2D eigenvalue weighted by molar-refractivity contribution is 6.37. The van der Waals surface area contributed by atoms with Crippen LogP contribution in [0.1, 0.15) is 26.2 Å². The van der Waals surface area contributed by atoms with E-state index >= 15 is 0 Å². The molecule has 3 nitrogen and oxygen atoms in total. The van der Waals surface area contributed by atoms with Gasteiger partial charge in [0.2, 0.25) is 0 Å². The minimum absolute atomic E-state index is 0.560. The fourth-order valence-corrected chi connectivity index (χ4v) is 2.18. The lowest BCUT2D eigenvalue weighted by Gasteiger charge is -2.11. The molecule has 0 unspecified atom stereocenters. The van der Waals surface area contributed by atoms with Gasteiger partial charge in [0.05, 0.1) is 10.0 Å². The van der Waals surface area contributed by atoms with Crippen molar-refractivity contribution in [2.75, 3.05) is 23.7 Å². The number of aromatic nitrogens is 1. The highest BCUT2D eigenvalue weighted by Gasteiger charge is 2.20. The largest absolute Gasteiger partial charge is 0.369 e. The molecule has 1 fully saturated rings. The van der Waals surface area contributed by atoms with E-state index in [0.29, 0.717) is 21.7 Å². The lowest BCUT2D eigenvalue weighted by molar-refractivity contribution is 0.758. The average molecular weight is 274 g/mol. The lowest BCUT2D eigenvalue weighted by Crippen LogP contribution is -2.07. The van der Waals surface area contributed by atoms with E-state index in [1.165, 1.54) is 19.3 Å². The summed E-state index contributed by atoms with van der Waals surface area (Å²) in [5.41, 5.74) is 0. The molecule has 2 N–H and O–H groups in total. The molecule has 0 saturated heterocycles. The maximum absolute atomic E-state index is 6.10. The molecule has 1 aliphatic rings. The summed E-state index contributed by atoms with van der Waals surface area (Å²) in [5.74, 6) is 2.31. The van der Waals surface area contributed by atoms with Crippen molar-refractivity contribution in [2.24, 2.45) is 5.92 Å². The Balaban J connectivity index is 2.00. The highest BCUT2D eigenvalue weighted by Crippen LogP contribution is 2.33. The maximum Gasteiger partial charge on any atom is 0.147 e. The second-order valence-corrected chi connectivity index (χ2v) is 5.15. The van der Waals surface area contributed by atoms with Gasteiger partial charge in [-0.15, -0.1) is 0 Å². The van der Waals surface area contributed by atoms with Crippen molar-refractivity contribution in [3.63, 3.8) is 0 Å². The number of hydrogen-bond acceptors (Lipinski definition) is 3. The molecule has 1 heterocycles. The summed E-state index contributed by atoms with van der Waals surface area (Å²) < 4.78 is 0. The van der Waals surface area contributed by atoms with E-state index in [1.54, 1.807) is 6.07 Å². The second kappa shape index (κ2) is 5.78. The van der Waals surface area contributed by atoms with Crippen molar-refractivity contribution in [3.05, 3.63) is 16.1 Å². The van der Waals surface area contributed by atoms with Crippen LogP contribution in [0.25, 0.3) is 0 Å². The average Bonchev–Trinajstić information content (AvgIpc) is 3.08. The number of hydrogen-bond donors (Lipinski definition) is 2. The van der Waals surface area contributed by atoms with E-state index in [-0.39, 0.29) is 0 Å². The first kappa shape index (κ1) is 12.8. The first-order valence-electron chi connectivity index (χ1n) is 6.04. The van der Waals surface area contributed by atoms with Gasteiger partial charge in [0.1, 0.15) is 11.6 Å². The molecule has 2 rings (SSSR count). The molecule has 0 bridgehead atoms. The van der Waals surface area contributed by atoms with Gasteiger partial charge in [-0.25, -0.2) is 4.98 Å². The van der Waals surface area contributed by atoms with Crippen LogP contribution in [0.2, 0.25) is 10.0 Å². The van der Waals surface area contributed by atoms with Crippen LogP contribution in [-0.2, 0) is 0 Å². The number of halogens is 2. The zero-order valence-electron chi connectivity index (χ0n) is 9.89. The zero-order chi connectivity index (χ0) is 12.3. The molecular formula is C12H17Cl2N3. The van der Waals surface area contributed by atoms with Crippen LogP contribution >= 0.6 is 23.2 Å². The SMILES string of the molecule is CCNc1nc(NCCC2CC2)c(Cl)cc1Cl. The monoisotopic (exact) mass is 273 g/mol. The van der Waals surface area contributed by atoms with E-state index in [1.807, 2.05) is 6.92 Å². The molecule has 17 heavy (non-hydrogen) atoms. The van der Waals surface area contributed by atoms with Crippen molar-refractivity contribution in [3.8, 4) is 0 Å². The third-order valence-electron chi connectivity index (χ3n) is 2.82. The Morgan fingerprint density at radius 1 is 1.24 bits per heavy atom. The first-order valence-corrected chi connectivity index (χ1v) is 6.80. The molecule has 0 amide bonds. The van der Waals surface area contributed by atoms with E-state index in [9.17, 15) is 0 Å². The van der Waals surface area contributed by atoms with Gasteiger partial charge in [-0.05, 0) is 25.3 Å². The van der Waals surface area contributed by atoms with Gasteiger partial charge in [0, 0.05) is 13.1 Å². The fraction of sp³-hybridized carbons (Fsp3) is 0.583. The Morgan fingerprint density at radius 3 is 2.47 bits per heavy atom. The predicted octanol–water partition coefficient (Wildman–Crippen LogP) is 4.03. The van der Waals surface area contributed by atoms with Crippen molar-refractivity contribution >= 4 is 34.8 Å². The normalized spacial score (nSPS) is 14.8. The summed E-state index contributed by atoms with van der Waals surface area (Å²) in [6, 6.07) is 1.73. The van der Waals surface area contributed by atoms with Crippen LogP contribution in [0.3, 0.4) is 0 Å².